The highest BCUT2D eigenvalue weighted by atomic mass is 79.9. The number of carbonyl (C=O) groups excluding carboxylic acids is 2. The topological polar surface area (TPSA) is 55.8 Å². The van der Waals surface area contributed by atoms with Crippen molar-refractivity contribution in [2.75, 3.05) is 25.7 Å². The summed E-state index contributed by atoms with van der Waals surface area (Å²) in [5.74, 6) is 0.358. The van der Waals surface area contributed by atoms with Crippen LogP contribution in [0.4, 0.5) is 5.69 Å². The Hall–Kier alpha value is -2.34. The van der Waals surface area contributed by atoms with Crippen LogP contribution in [0.15, 0.2) is 46.9 Å². The van der Waals surface area contributed by atoms with E-state index in [1.54, 1.807) is 24.1 Å². The van der Waals surface area contributed by atoms with Gasteiger partial charge in [0.2, 0.25) is 5.91 Å². The number of hydrogen-bond donors (Lipinski definition) is 0. The SMILES string of the molecule is COC(=O)c1cc(N2CCC(Cc3cccc(OC)c3)C2=O)ccc1Br. The molecule has 5 nitrogen and oxygen atoms in total. The van der Waals surface area contributed by atoms with E-state index in [2.05, 4.69) is 15.9 Å². The molecular weight excluding hydrogens is 398 g/mol. The number of halogens is 1. The minimum absolute atomic E-state index is 0.0750. The minimum atomic E-state index is -0.432. The van der Waals surface area contributed by atoms with E-state index in [0.717, 1.165) is 17.7 Å². The lowest BCUT2D eigenvalue weighted by Gasteiger charge is -2.18. The van der Waals surface area contributed by atoms with Crippen LogP contribution in [0.5, 0.6) is 5.75 Å². The summed E-state index contributed by atoms with van der Waals surface area (Å²) in [4.78, 5) is 26.5. The highest BCUT2D eigenvalue weighted by molar-refractivity contribution is 9.10. The van der Waals surface area contributed by atoms with Crippen molar-refractivity contribution in [1.82, 2.24) is 0 Å². The summed E-state index contributed by atoms with van der Waals surface area (Å²) in [6.45, 7) is 0.635. The molecule has 0 spiro atoms. The summed E-state index contributed by atoms with van der Waals surface area (Å²) >= 11 is 3.35. The zero-order valence-corrected chi connectivity index (χ0v) is 16.3. The first-order valence-electron chi connectivity index (χ1n) is 8.35. The van der Waals surface area contributed by atoms with Gasteiger partial charge in [0.25, 0.3) is 0 Å². The van der Waals surface area contributed by atoms with Gasteiger partial charge in [-0.15, -0.1) is 0 Å². The smallest absolute Gasteiger partial charge is 0.339 e. The number of carbonyl (C=O) groups is 2. The van der Waals surface area contributed by atoms with Crippen LogP contribution in [0.1, 0.15) is 22.3 Å². The predicted octanol–water partition coefficient (Wildman–Crippen LogP) is 3.84. The van der Waals surface area contributed by atoms with E-state index < -0.39 is 5.97 Å². The second kappa shape index (κ2) is 7.91. The van der Waals surface area contributed by atoms with Gasteiger partial charge in [0.1, 0.15) is 5.75 Å². The molecule has 2 aromatic rings. The Morgan fingerprint density at radius 1 is 1.23 bits per heavy atom. The summed E-state index contributed by atoms with van der Waals surface area (Å²) in [5, 5.41) is 0. The predicted molar refractivity (Wildman–Crippen MR) is 103 cm³/mol. The van der Waals surface area contributed by atoms with Gasteiger partial charge in [0.15, 0.2) is 0 Å². The van der Waals surface area contributed by atoms with Crippen LogP contribution in [0, 0.1) is 5.92 Å². The molecule has 6 heteroatoms. The molecule has 0 saturated carbocycles. The number of hydrogen-bond acceptors (Lipinski definition) is 4. The van der Waals surface area contributed by atoms with Gasteiger partial charge in [-0.2, -0.15) is 0 Å². The van der Waals surface area contributed by atoms with Crippen LogP contribution < -0.4 is 9.64 Å². The molecule has 2 aromatic carbocycles. The van der Waals surface area contributed by atoms with Crippen molar-refractivity contribution >= 4 is 33.5 Å². The quantitative estimate of drug-likeness (QED) is 0.693. The Labute approximate surface area is 161 Å². The van der Waals surface area contributed by atoms with Crippen molar-refractivity contribution in [3.63, 3.8) is 0 Å². The Morgan fingerprint density at radius 3 is 2.77 bits per heavy atom. The maximum atomic E-state index is 12.9. The summed E-state index contributed by atoms with van der Waals surface area (Å²) in [5.41, 5.74) is 2.20. The van der Waals surface area contributed by atoms with Gasteiger partial charge < -0.3 is 14.4 Å². The Balaban J connectivity index is 1.77. The second-order valence-corrected chi connectivity index (χ2v) is 7.04. The fourth-order valence-corrected chi connectivity index (χ4v) is 3.62. The number of anilines is 1. The fourth-order valence-electron chi connectivity index (χ4n) is 3.22. The minimum Gasteiger partial charge on any atom is -0.497 e. The first kappa shape index (κ1) is 18.5. The molecule has 136 valence electrons. The Bertz CT molecular complexity index is 836. The molecule has 3 rings (SSSR count). The van der Waals surface area contributed by atoms with Gasteiger partial charge in [-0.05, 0) is 64.7 Å². The normalized spacial score (nSPS) is 16.7. The van der Waals surface area contributed by atoms with Crippen LogP contribution >= 0.6 is 15.9 Å². The van der Waals surface area contributed by atoms with Gasteiger partial charge in [-0.25, -0.2) is 4.79 Å². The van der Waals surface area contributed by atoms with Gasteiger partial charge in [0.05, 0.1) is 19.8 Å². The number of rotatable bonds is 5. The highest BCUT2D eigenvalue weighted by Crippen LogP contribution is 2.31. The molecule has 1 saturated heterocycles. The molecule has 1 heterocycles. The van der Waals surface area contributed by atoms with E-state index in [1.807, 2.05) is 30.3 Å². The lowest BCUT2D eigenvalue weighted by Crippen LogP contribution is -2.28. The van der Waals surface area contributed by atoms with E-state index in [-0.39, 0.29) is 11.8 Å². The molecule has 0 N–H and O–H groups in total. The van der Waals surface area contributed by atoms with Crippen LogP contribution in [0.25, 0.3) is 0 Å². The molecule has 1 fully saturated rings. The molecule has 1 atom stereocenters. The molecule has 0 aromatic heterocycles. The summed E-state index contributed by atoms with van der Waals surface area (Å²) in [6, 6.07) is 13.1. The molecule has 26 heavy (non-hydrogen) atoms. The number of amides is 1. The van der Waals surface area contributed by atoms with Crippen LogP contribution in [0.2, 0.25) is 0 Å². The van der Waals surface area contributed by atoms with E-state index in [4.69, 9.17) is 9.47 Å². The molecule has 0 aliphatic carbocycles. The third-order valence-electron chi connectivity index (χ3n) is 4.60. The zero-order chi connectivity index (χ0) is 18.7. The van der Waals surface area contributed by atoms with Crippen molar-refractivity contribution in [2.24, 2.45) is 5.92 Å². The lowest BCUT2D eigenvalue weighted by atomic mass is 9.98. The van der Waals surface area contributed by atoms with E-state index in [0.29, 0.717) is 28.7 Å². The standard InChI is InChI=1S/C20H20BrNO4/c1-25-16-5-3-4-13(11-16)10-14-8-9-22(19(14)23)15-6-7-18(21)17(12-15)20(24)26-2/h3-7,11-12,14H,8-10H2,1-2H3. The number of esters is 1. The zero-order valence-electron chi connectivity index (χ0n) is 14.7. The lowest BCUT2D eigenvalue weighted by molar-refractivity contribution is -0.120. The third kappa shape index (κ3) is 3.75. The number of methoxy groups -OCH3 is 2. The van der Waals surface area contributed by atoms with Gasteiger partial charge in [-0.3, -0.25) is 4.79 Å². The van der Waals surface area contributed by atoms with Crippen molar-refractivity contribution in [3.05, 3.63) is 58.1 Å². The average Bonchev–Trinajstić information content (AvgIpc) is 3.02. The van der Waals surface area contributed by atoms with Gasteiger partial charge in [0, 0.05) is 22.6 Å². The van der Waals surface area contributed by atoms with Crippen molar-refractivity contribution in [1.29, 1.82) is 0 Å². The van der Waals surface area contributed by atoms with Crippen molar-refractivity contribution in [3.8, 4) is 5.75 Å². The molecule has 1 unspecified atom stereocenters. The van der Waals surface area contributed by atoms with Crippen molar-refractivity contribution in [2.45, 2.75) is 12.8 Å². The van der Waals surface area contributed by atoms with E-state index in [9.17, 15) is 9.59 Å². The summed E-state index contributed by atoms with van der Waals surface area (Å²) in [7, 11) is 2.97. The van der Waals surface area contributed by atoms with Crippen LogP contribution in [-0.2, 0) is 16.0 Å². The summed E-state index contributed by atoms with van der Waals surface area (Å²) < 4.78 is 10.7. The van der Waals surface area contributed by atoms with E-state index >= 15 is 0 Å². The first-order valence-corrected chi connectivity index (χ1v) is 9.15. The Morgan fingerprint density at radius 2 is 2.04 bits per heavy atom. The van der Waals surface area contributed by atoms with Crippen molar-refractivity contribution < 1.29 is 19.1 Å². The number of benzene rings is 2. The maximum Gasteiger partial charge on any atom is 0.339 e. The largest absolute Gasteiger partial charge is 0.497 e. The fraction of sp³-hybridized carbons (Fsp3) is 0.300. The highest BCUT2D eigenvalue weighted by Gasteiger charge is 2.33. The van der Waals surface area contributed by atoms with Crippen LogP contribution in [0.3, 0.4) is 0 Å². The second-order valence-electron chi connectivity index (χ2n) is 6.19. The molecule has 0 radical (unpaired) electrons. The molecular formula is C20H20BrNO4. The molecule has 1 amide bonds. The third-order valence-corrected chi connectivity index (χ3v) is 5.29. The monoisotopic (exact) mass is 417 g/mol. The molecule has 0 bridgehead atoms. The average molecular weight is 418 g/mol. The first-order chi connectivity index (χ1) is 12.5. The summed E-state index contributed by atoms with van der Waals surface area (Å²) in [6.07, 6.45) is 1.45. The molecule has 1 aliphatic rings. The maximum absolute atomic E-state index is 12.9. The molecule has 1 aliphatic heterocycles. The number of ether oxygens (including phenoxy) is 2. The van der Waals surface area contributed by atoms with E-state index in [1.165, 1.54) is 7.11 Å². The van der Waals surface area contributed by atoms with Gasteiger partial charge >= 0.3 is 5.97 Å². The van der Waals surface area contributed by atoms with Gasteiger partial charge in [-0.1, -0.05) is 12.1 Å². The van der Waals surface area contributed by atoms with Crippen LogP contribution in [-0.4, -0.2) is 32.6 Å². The Kier molecular flexibility index (Phi) is 5.61. The number of nitrogens with zero attached hydrogens (tertiary/aromatic N) is 1.